The zero-order chi connectivity index (χ0) is 13.9. The van der Waals surface area contributed by atoms with Gasteiger partial charge in [0.25, 0.3) is 0 Å². The van der Waals surface area contributed by atoms with Gasteiger partial charge in [-0.05, 0) is 50.4 Å². The van der Waals surface area contributed by atoms with E-state index in [9.17, 15) is 0 Å². The summed E-state index contributed by atoms with van der Waals surface area (Å²) in [7, 11) is 0. The first kappa shape index (κ1) is 13.1. The molecule has 3 heterocycles. The van der Waals surface area contributed by atoms with Crippen molar-refractivity contribution in [3.63, 3.8) is 0 Å². The fourth-order valence-electron chi connectivity index (χ4n) is 2.65. The lowest BCUT2D eigenvalue weighted by molar-refractivity contribution is 0.419. The molecule has 20 heavy (non-hydrogen) atoms. The maximum Gasteiger partial charge on any atom is 0.225 e. The van der Waals surface area contributed by atoms with Crippen LogP contribution in [0.2, 0.25) is 0 Å². The van der Waals surface area contributed by atoms with Crippen molar-refractivity contribution in [3.05, 3.63) is 30.2 Å². The molecule has 3 rings (SSSR count). The fourth-order valence-corrected chi connectivity index (χ4v) is 2.65. The Balaban J connectivity index is 1.84. The highest BCUT2D eigenvalue weighted by atomic mass is 16.3. The number of aryl methyl sites for hydroxylation is 1. The van der Waals surface area contributed by atoms with Gasteiger partial charge in [0.1, 0.15) is 11.5 Å². The number of piperidine rings is 1. The Kier molecular flexibility index (Phi) is 3.69. The molecule has 2 N–H and O–H groups in total. The minimum absolute atomic E-state index is 0.543. The average molecular weight is 272 g/mol. The van der Waals surface area contributed by atoms with Crippen molar-refractivity contribution in [1.29, 1.82) is 0 Å². The number of hydrogen-bond donors (Lipinski definition) is 1. The van der Waals surface area contributed by atoms with Gasteiger partial charge in [-0.2, -0.15) is 0 Å². The van der Waals surface area contributed by atoms with Crippen LogP contribution < -0.4 is 10.6 Å². The zero-order valence-corrected chi connectivity index (χ0v) is 11.7. The van der Waals surface area contributed by atoms with Crippen LogP contribution in [0.1, 0.15) is 18.6 Å². The Morgan fingerprint density at radius 3 is 3.05 bits per heavy atom. The first-order valence-electron chi connectivity index (χ1n) is 7.11. The van der Waals surface area contributed by atoms with E-state index >= 15 is 0 Å². The van der Waals surface area contributed by atoms with Crippen molar-refractivity contribution >= 4 is 5.95 Å². The molecule has 2 aromatic heterocycles. The molecular formula is C15H20N4O. The maximum absolute atomic E-state index is 5.78. The zero-order valence-electron chi connectivity index (χ0n) is 11.7. The van der Waals surface area contributed by atoms with Gasteiger partial charge in [-0.1, -0.05) is 0 Å². The molecule has 5 nitrogen and oxygen atoms in total. The highest BCUT2D eigenvalue weighted by molar-refractivity contribution is 5.54. The van der Waals surface area contributed by atoms with Crippen molar-refractivity contribution in [2.75, 3.05) is 24.5 Å². The largest absolute Gasteiger partial charge is 0.460 e. The van der Waals surface area contributed by atoms with Crippen molar-refractivity contribution in [2.45, 2.75) is 19.8 Å². The average Bonchev–Trinajstić information content (AvgIpc) is 2.94. The van der Waals surface area contributed by atoms with Crippen LogP contribution in [0.4, 0.5) is 5.95 Å². The second kappa shape index (κ2) is 5.63. The molecule has 5 heteroatoms. The smallest absolute Gasteiger partial charge is 0.225 e. The summed E-state index contributed by atoms with van der Waals surface area (Å²) >= 11 is 0. The monoisotopic (exact) mass is 272 g/mol. The minimum atomic E-state index is 0.543. The molecule has 0 spiro atoms. The number of aromatic nitrogens is 2. The number of furan rings is 1. The molecule has 0 aromatic carbocycles. The fraction of sp³-hybridized carbons (Fsp3) is 0.467. The summed E-state index contributed by atoms with van der Waals surface area (Å²) in [5.74, 6) is 3.00. The van der Waals surface area contributed by atoms with Crippen LogP contribution in [-0.4, -0.2) is 29.6 Å². The summed E-state index contributed by atoms with van der Waals surface area (Å²) < 4.78 is 5.63. The van der Waals surface area contributed by atoms with Gasteiger partial charge in [0.15, 0.2) is 5.76 Å². The van der Waals surface area contributed by atoms with Gasteiger partial charge in [0, 0.05) is 19.3 Å². The van der Waals surface area contributed by atoms with E-state index in [4.69, 9.17) is 10.2 Å². The third-order valence-corrected chi connectivity index (χ3v) is 3.77. The van der Waals surface area contributed by atoms with E-state index in [1.54, 1.807) is 6.20 Å². The molecule has 0 saturated carbocycles. The Labute approximate surface area is 118 Å². The summed E-state index contributed by atoms with van der Waals surface area (Å²) in [4.78, 5) is 11.2. The minimum Gasteiger partial charge on any atom is -0.460 e. The second-order valence-corrected chi connectivity index (χ2v) is 5.34. The molecule has 0 amide bonds. The van der Waals surface area contributed by atoms with E-state index in [0.29, 0.717) is 5.92 Å². The Hall–Kier alpha value is -1.88. The predicted octanol–water partition coefficient (Wildman–Crippen LogP) is 2.22. The van der Waals surface area contributed by atoms with E-state index in [0.717, 1.165) is 49.2 Å². The first-order chi connectivity index (χ1) is 9.76. The first-order valence-corrected chi connectivity index (χ1v) is 7.11. The highest BCUT2D eigenvalue weighted by Gasteiger charge is 2.21. The molecule has 0 radical (unpaired) electrons. The third kappa shape index (κ3) is 2.67. The summed E-state index contributed by atoms with van der Waals surface area (Å²) in [5.41, 5.74) is 6.62. The van der Waals surface area contributed by atoms with Crippen LogP contribution in [0.5, 0.6) is 0 Å². The second-order valence-electron chi connectivity index (χ2n) is 5.34. The highest BCUT2D eigenvalue weighted by Crippen LogP contribution is 2.24. The van der Waals surface area contributed by atoms with E-state index in [1.807, 2.05) is 25.1 Å². The number of nitrogens with two attached hydrogens (primary N) is 1. The summed E-state index contributed by atoms with van der Waals surface area (Å²) in [6.45, 7) is 4.60. The Morgan fingerprint density at radius 2 is 2.30 bits per heavy atom. The number of nitrogens with zero attached hydrogens (tertiary/aromatic N) is 3. The van der Waals surface area contributed by atoms with Crippen LogP contribution in [0.15, 0.2) is 28.8 Å². The van der Waals surface area contributed by atoms with Gasteiger partial charge in [0.05, 0.1) is 0 Å². The summed E-state index contributed by atoms with van der Waals surface area (Å²) in [6.07, 6.45) is 4.14. The van der Waals surface area contributed by atoms with E-state index in [1.165, 1.54) is 6.42 Å². The van der Waals surface area contributed by atoms with Crippen molar-refractivity contribution < 1.29 is 4.42 Å². The number of rotatable bonds is 3. The molecule has 1 aliphatic rings. The van der Waals surface area contributed by atoms with E-state index in [2.05, 4.69) is 14.9 Å². The van der Waals surface area contributed by atoms with E-state index < -0.39 is 0 Å². The van der Waals surface area contributed by atoms with E-state index in [-0.39, 0.29) is 0 Å². The molecule has 1 unspecified atom stereocenters. The van der Waals surface area contributed by atoms with Gasteiger partial charge in [-0.15, -0.1) is 0 Å². The van der Waals surface area contributed by atoms with Crippen LogP contribution in [-0.2, 0) is 0 Å². The summed E-state index contributed by atoms with van der Waals surface area (Å²) in [6, 6.07) is 5.77. The quantitative estimate of drug-likeness (QED) is 0.928. The molecule has 106 valence electrons. The van der Waals surface area contributed by atoms with Gasteiger partial charge in [-0.3, -0.25) is 0 Å². The molecule has 0 aliphatic carbocycles. The molecule has 1 fully saturated rings. The summed E-state index contributed by atoms with van der Waals surface area (Å²) in [5, 5.41) is 0. The van der Waals surface area contributed by atoms with Gasteiger partial charge in [0.2, 0.25) is 5.95 Å². The maximum atomic E-state index is 5.78. The van der Waals surface area contributed by atoms with Crippen LogP contribution >= 0.6 is 0 Å². The molecule has 1 aliphatic heterocycles. The Morgan fingerprint density at radius 1 is 1.40 bits per heavy atom. The van der Waals surface area contributed by atoms with Crippen molar-refractivity contribution in [3.8, 4) is 11.5 Å². The lowest BCUT2D eigenvalue weighted by atomic mass is 9.99. The lowest BCUT2D eigenvalue weighted by Gasteiger charge is -2.32. The van der Waals surface area contributed by atoms with Crippen LogP contribution in [0, 0.1) is 12.8 Å². The predicted molar refractivity (Wildman–Crippen MR) is 78.5 cm³/mol. The van der Waals surface area contributed by atoms with Gasteiger partial charge in [-0.25, -0.2) is 9.97 Å². The molecule has 1 atom stereocenters. The van der Waals surface area contributed by atoms with Crippen LogP contribution in [0.25, 0.3) is 11.5 Å². The van der Waals surface area contributed by atoms with Gasteiger partial charge < -0.3 is 15.1 Å². The lowest BCUT2D eigenvalue weighted by Crippen LogP contribution is -2.39. The standard InChI is InChI=1S/C15H20N4O/c1-11-4-5-14(20-11)13-6-7-17-15(18-13)19-8-2-3-12(9-16)10-19/h4-7,12H,2-3,8-10,16H2,1H3. The van der Waals surface area contributed by atoms with Crippen LogP contribution in [0.3, 0.4) is 0 Å². The molecule has 1 saturated heterocycles. The third-order valence-electron chi connectivity index (χ3n) is 3.77. The molecule has 2 aromatic rings. The molecule has 0 bridgehead atoms. The number of anilines is 1. The van der Waals surface area contributed by atoms with Crippen molar-refractivity contribution in [1.82, 2.24) is 9.97 Å². The topological polar surface area (TPSA) is 68.2 Å². The SMILES string of the molecule is Cc1ccc(-c2ccnc(N3CCCC(CN)C3)n2)o1. The van der Waals surface area contributed by atoms with Crippen molar-refractivity contribution in [2.24, 2.45) is 11.7 Å². The Bertz CT molecular complexity index is 581. The number of hydrogen-bond acceptors (Lipinski definition) is 5. The normalized spacial score (nSPS) is 19.3. The van der Waals surface area contributed by atoms with Gasteiger partial charge >= 0.3 is 0 Å². The molecular weight excluding hydrogens is 252 g/mol.